The molecule has 6 nitrogen and oxygen atoms in total. The SMILES string of the molecule is CCOc1ccc(C(=O)NCCCC(=O)N2Cc3ccccc3C2)cc1OCC. The lowest BCUT2D eigenvalue weighted by Crippen LogP contribution is -2.28. The quantitative estimate of drug-likeness (QED) is 0.659. The van der Waals surface area contributed by atoms with Crippen molar-refractivity contribution in [2.45, 2.75) is 39.8 Å². The van der Waals surface area contributed by atoms with Crippen molar-refractivity contribution in [2.24, 2.45) is 0 Å². The predicted octanol–water partition coefficient (Wildman–Crippen LogP) is 3.54. The molecule has 0 aliphatic carbocycles. The molecule has 2 amide bonds. The van der Waals surface area contributed by atoms with Crippen LogP contribution in [0.25, 0.3) is 0 Å². The molecular formula is C23H28N2O4. The zero-order valence-electron chi connectivity index (χ0n) is 17.1. The van der Waals surface area contributed by atoms with E-state index >= 15 is 0 Å². The zero-order chi connectivity index (χ0) is 20.6. The van der Waals surface area contributed by atoms with Gasteiger partial charge in [-0.2, -0.15) is 0 Å². The number of hydrogen-bond acceptors (Lipinski definition) is 4. The van der Waals surface area contributed by atoms with Gasteiger partial charge in [0.15, 0.2) is 11.5 Å². The van der Waals surface area contributed by atoms with E-state index in [1.807, 2.05) is 30.9 Å². The first kappa shape index (κ1) is 20.7. The van der Waals surface area contributed by atoms with Crippen molar-refractivity contribution in [3.05, 3.63) is 59.2 Å². The molecule has 0 unspecified atom stereocenters. The van der Waals surface area contributed by atoms with Crippen molar-refractivity contribution in [1.82, 2.24) is 10.2 Å². The molecule has 1 N–H and O–H groups in total. The predicted molar refractivity (Wildman–Crippen MR) is 111 cm³/mol. The van der Waals surface area contributed by atoms with Gasteiger partial charge in [0.05, 0.1) is 13.2 Å². The highest BCUT2D eigenvalue weighted by Crippen LogP contribution is 2.28. The summed E-state index contributed by atoms with van der Waals surface area (Å²) in [7, 11) is 0. The summed E-state index contributed by atoms with van der Waals surface area (Å²) in [6.07, 6.45) is 1.02. The van der Waals surface area contributed by atoms with Crippen LogP contribution in [-0.2, 0) is 17.9 Å². The first-order valence-electron chi connectivity index (χ1n) is 10.1. The first-order valence-corrected chi connectivity index (χ1v) is 10.1. The second kappa shape index (κ2) is 9.96. The summed E-state index contributed by atoms with van der Waals surface area (Å²) >= 11 is 0. The third-order valence-corrected chi connectivity index (χ3v) is 4.85. The molecule has 3 rings (SSSR count). The van der Waals surface area contributed by atoms with Gasteiger partial charge >= 0.3 is 0 Å². The fourth-order valence-electron chi connectivity index (χ4n) is 3.40. The summed E-state index contributed by atoms with van der Waals surface area (Å²) in [6, 6.07) is 13.3. The van der Waals surface area contributed by atoms with Crippen molar-refractivity contribution in [3.63, 3.8) is 0 Å². The summed E-state index contributed by atoms with van der Waals surface area (Å²) in [5.41, 5.74) is 2.95. The lowest BCUT2D eigenvalue weighted by atomic mass is 10.1. The number of nitrogens with one attached hydrogen (secondary N) is 1. The largest absolute Gasteiger partial charge is 0.490 e. The van der Waals surface area contributed by atoms with E-state index in [2.05, 4.69) is 17.4 Å². The number of fused-ring (bicyclic) bond motifs is 1. The van der Waals surface area contributed by atoms with Crippen LogP contribution in [-0.4, -0.2) is 36.5 Å². The normalized spacial score (nSPS) is 12.4. The highest BCUT2D eigenvalue weighted by Gasteiger charge is 2.22. The Bertz CT molecular complexity index is 841. The fraction of sp³-hybridized carbons (Fsp3) is 0.391. The van der Waals surface area contributed by atoms with Crippen LogP contribution in [0.3, 0.4) is 0 Å². The van der Waals surface area contributed by atoms with Crippen LogP contribution in [0.1, 0.15) is 48.2 Å². The van der Waals surface area contributed by atoms with Gasteiger partial charge in [-0.3, -0.25) is 9.59 Å². The van der Waals surface area contributed by atoms with E-state index in [4.69, 9.17) is 9.47 Å². The summed E-state index contributed by atoms with van der Waals surface area (Å²) in [5.74, 6) is 1.12. The first-order chi connectivity index (χ1) is 14.1. The number of hydrogen-bond donors (Lipinski definition) is 1. The smallest absolute Gasteiger partial charge is 0.251 e. The second-order valence-corrected chi connectivity index (χ2v) is 6.91. The molecule has 0 bridgehead atoms. The molecule has 0 saturated heterocycles. The molecule has 29 heavy (non-hydrogen) atoms. The highest BCUT2D eigenvalue weighted by atomic mass is 16.5. The Hall–Kier alpha value is -3.02. The Morgan fingerprint density at radius 3 is 2.28 bits per heavy atom. The van der Waals surface area contributed by atoms with Crippen LogP contribution < -0.4 is 14.8 Å². The van der Waals surface area contributed by atoms with Crippen molar-refractivity contribution >= 4 is 11.8 Å². The van der Waals surface area contributed by atoms with Gasteiger partial charge in [0.25, 0.3) is 5.91 Å². The molecule has 0 spiro atoms. The maximum atomic E-state index is 12.4. The standard InChI is InChI=1S/C23H28N2O4/c1-3-28-20-12-11-17(14-21(20)29-4-2)23(27)24-13-7-10-22(26)25-15-18-8-5-6-9-19(18)16-25/h5-6,8-9,11-12,14H,3-4,7,10,13,15-16H2,1-2H3,(H,24,27). The minimum atomic E-state index is -0.185. The van der Waals surface area contributed by atoms with Crippen LogP contribution in [0, 0.1) is 0 Å². The minimum absolute atomic E-state index is 0.121. The summed E-state index contributed by atoms with van der Waals surface area (Å²) < 4.78 is 11.1. The molecule has 2 aromatic carbocycles. The number of benzene rings is 2. The van der Waals surface area contributed by atoms with E-state index in [1.54, 1.807) is 18.2 Å². The van der Waals surface area contributed by atoms with Gasteiger partial charge < -0.3 is 19.7 Å². The Balaban J connectivity index is 1.45. The van der Waals surface area contributed by atoms with Crippen LogP contribution >= 0.6 is 0 Å². The lowest BCUT2D eigenvalue weighted by Gasteiger charge is -2.15. The molecule has 154 valence electrons. The van der Waals surface area contributed by atoms with E-state index in [-0.39, 0.29) is 11.8 Å². The summed E-state index contributed by atoms with van der Waals surface area (Å²) in [6.45, 7) is 6.61. The van der Waals surface area contributed by atoms with E-state index in [1.165, 1.54) is 11.1 Å². The Labute approximate surface area is 171 Å². The van der Waals surface area contributed by atoms with Crippen LogP contribution in [0.15, 0.2) is 42.5 Å². The Morgan fingerprint density at radius 2 is 1.62 bits per heavy atom. The van der Waals surface area contributed by atoms with Gasteiger partial charge in [-0.1, -0.05) is 24.3 Å². The minimum Gasteiger partial charge on any atom is -0.490 e. The molecule has 0 saturated carbocycles. The van der Waals surface area contributed by atoms with Gasteiger partial charge in [0, 0.05) is 31.6 Å². The monoisotopic (exact) mass is 396 g/mol. The van der Waals surface area contributed by atoms with Crippen molar-refractivity contribution in [2.75, 3.05) is 19.8 Å². The van der Waals surface area contributed by atoms with E-state index in [9.17, 15) is 9.59 Å². The van der Waals surface area contributed by atoms with Gasteiger partial charge in [-0.05, 0) is 49.6 Å². The van der Waals surface area contributed by atoms with Crippen LogP contribution in [0.4, 0.5) is 0 Å². The van der Waals surface area contributed by atoms with Gasteiger partial charge in [-0.15, -0.1) is 0 Å². The maximum Gasteiger partial charge on any atom is 0.251 e. The molecule has 1 heterocycles. The van der Waals surface area contributed by atoms with Crippen molar-refractivity contribution in [3.8, 4) is 11.5 Å². The third kappa shape index (κ3) is 5.28. The molecular weight excluding hydrogens is 368 g/mol. The van der Waals surface area contributed by atoms with E-state index < -0.39 is 0 Å². The highest BCUT2D eigenvalue weighted by molar-refractivity contribution is 5.94. The topological polar surface area (TPSA) is 67.9 Å². The zero-order valence-corrected chi connectivity index (χ0v) is 17.1. The van der Waals surface area contributed by atoms with E-state index in [0.29, 0.717) is 62.8 Å². The van der Waals surface area contributed by atoms with Crippen molar-refractivity contribution < 1.29 is 19.1 Å². The fourth-order valence-corrected chi connectivity index (χ4v) is 3.40. The number of ether oxygens (including phenoxy) is 2. The molecule has 0 fully saturated rings. The van der Waals surface area contributed by atoms with Gasteiger partial charge in [0.1, 0.15) is 0 Å². The molecule has 1 aliphatic heterocycles. The summed E-state index contributed by atoms with van der Waals surface area (Å²) in [4.78, 5) is 26.7. The Kier molecular flexibility index (Phi) is 7.11. The average Bonchev–Trinajstić information content (AvgIpc) is 3.17. The molecule has 0 atom stereocenters. The number of amides is 2. The van der Waals surface area contributed by atoms with Crippen LogP contribution in [0.2, 0.25) is 0 Å². The number of rotatable bonds is 9. The van der Waals surface area contributed by atoms with Gasteiger partial charge in [0.2, 0.25) is 5.91 Å². The molecule has 6 heteroatoms. The second-order valence-electron chi connectivity index (χ2n) is 6.91. The number of carbonyl (C=O) groups excluding carboxylic acids is 2. The Morgan fingerprint density at radius 1 is 0.966 bits per heavy atom. The molecule has 0 radical (unpaired) electrons. The molecule has 1 aliphatic rings. The lowest BCUT2D eigenvalue weighted by molar-refractivity contribution is -0.131. The average molecular weight is 396 g/mol. The maximum absolute atomic E-state index is 12.4. The third-order valence-electron chi connectivity index (χ3n) is 4.85. The summed E-state index contributed by atoms with van der Waals surface area (Å²) in [5, 5.41) is 2.88. The number of nitrogens with zero attached hydrogens (tertiary/aromatic N) is 1. The molecule has 0 aromatic heterocycles. The van der Waals surface area contributed by atoms with Gasteiger partial charge in [-0.25, -0.2) is 0 Å². The van der Waals surface area contributed by atoms with Crippen molar-refractivity contribution in [1.29, 1.82) is 0 Å². The van der Waals surface area contributed by atoms with E-state index in [0.717, 1.165) is 0 Å². The molecule has 2 aromatic rings. The van der Waals surface area contributed by atoms with Crippen LogP contribution in [0.5, 0.6) is 11.5 Å². The number of carbonyl (C=O) groups is 2.